The fourth-order valence-corrected chi connectivity index (χ4v) is 2.77. The summed E-state index contributed by atoms with van der Waals surface area (Å²) in [5, 5.41) is 6.39. The number of fused-ring (bicyclic) bond motifs is 1. The molecule has 5 rings (SSSR count). The molecule has 1 aromatic carbocycles. The van der Waals surface area contributed by atoms with Gasteiger partial charge in [0, 0.05) is 23.2 Å². The molecule has 0 radical (unpaired) electrons. The van der Waals surface area contributed by atoms with Crippen molar-refractivity contribution in [3.63, 3.8) is 0 Å². The van der Waals surface area contributed by atoms with Crippen molar-refractivity contribution in [3.05, 3.63) is 36.2 Å². The summed E-state index contributed by atoms with van der Waals surface area (Å²) >= 11 is 0. The lowest BCUT2D eigenvalue weighted by Crippen LogP contribution is -2.25. The highest BCUT2D eigenvalue weighted by atomic mass is 16.1. The van der Waals surface area contributed by atoms with Gasteiger partial charge >= 0.3 is 0 Å². The lowest BCUT2D eigenvalue weighted by molar-refractivity contribution is 0.0951. The van der Waals surface area contributed by atoms with Crippen LogP contribution in [0.3, 0.4) is 0 Å². The Labute approximate surface area is 144 Å². The summed E-state index contributed by atoms with van der Waals surface area (Å²) in [5.41, 5.74) is 3.05. The Morgan fingerprint density at radius 2 is 1.80 bits per heavy atom. The molecule has 7 heteroatoms. The van der Waals surface area contributed by atoms with E-state index in [-0.39, 0.29) is 5.91 Å². The predicted molar refractivity (Wildman–Crippen MR) is 94.3 cm³/mol. The van der Waals surface area contributed by atoms with Gasteiger partial charge in [-0.2, -0.15) is 0 Å². The number of amides is 1. The van der Waals surface area contributed by atoms with Crippen LogP contribution in [0.25, 0.3) is 22.6 Å². The van der Waals surface area contributed by atoms with E-state index in [4.69, 9.17) is 0 Å². The van der Waals surface area contributed by atoms with Crippen LogP contribution in [0.15, 0.2) is 30.6 Å². The number of benzene rings is 1. The monoisotopic (exact) mass is 334 g/mol. The summed E-state index contributed by atoms with van der Waals surface area (Å²) < 4.78 is 0. The highest BCUT2D eigenvalue weighted by molar-refractivity contribution is 5.95. The molecule has 1 amide bonds. The molecule has 2 aliphatic rings. The molecular formula is C18H18N6O. The van der Waals surface area contributed by atoms with Crippen molar-refractivity contribution in [1.82, 2.24) is 25.3 Å². The maximum atomic E-state index is 12.1. The predicted octanol–water partition coefficient (Wildman–Crippen LogP) is 2.49. The van der Waals surface area contributed by atoms with Crippen molar-refractivity contribution in [2.24, 2.45) is 0 Å². The Kier molecular flexibility index (Phi) is 3.19. The van der Waals surface area contributed by atoms with Gasteiger partial charge in [0.2, 0.25) is 0 Å². The normalized spacial score (nSPS) is 16.8. The van der Waals surface area contributed by atoms with Crippen molar-refractivity contribution in [3.8, 4) is 11.4 Å². The van der Waals surface area contributed by atoms with Crippen molar-refractivity contribution in [1.29, 1.82) is 0 Å². The van der Waals surface area contributed by atoms with E-state index in [9.17, 15) is 4.79 Å². The molecule has 126 valence electrons. The standard InChI is InChI=1S/C18H18N6O/c25-18(22-13-7-8-13)11-3-1-10(2-4-11)15-23-14-16(21-12-5-6-12)19-9-20-17(14)24-15/h1-4,9,12-13H,5-8H2,(H,22,25)(H2,19,20,21,23,24). The van der Waals surface area contributed by atoms with E-state index in [0.29, 0.717) is 23.3 Å². The van der Waals surface area contributed by atoms with E-state index in [0.717, 1.165) is 35.6 Å². The van der Waals surface area contributed by atoms with Crippen molar-refractivity contribution in [2.75, 3.05) is 5.32 Å². The molecule has 3 aromatic rings. The summed E-state index contributed by atoms with van der Waals surface area (Å²) in [6.07, 6.45) is 6.05. The molecule has 0 atom stereocenters. The maximum Gasteiger partial charge on any atom is 0.251 e. The second-order valence-electron chi connectivity index (χ2n) is 6.75. The molecule has 2 aliphatic carbocycles. The number of nitrogens with zero attached hydrogens (tertiary/aromatic N) is 3. The van der Waals surface area contributed by atoms with Gasteiger partial charge in [-0.15, -0.1) is 0 Å². The molecule has 0 saturated heterocycles. The molecule has 7 nitrogen and oxygen atoms in total. The van der Waals surface area contributed by atoms with Crippen LogP contribution < -0.4 is 10.6 Å². The van der Waals surface area contributed by atoms with Gasteiger partial charge < -0.3 is 15.6 Å². The highest BCUT2D eigenvalue weighted by Crippen LogP contribution is 2.28. The Balaban J connectivity index is 1.42. The third kappa shape index (κ3) is 2.93. The third-order valence-corrected chi connectivity index (χ3v) is 4.54. The van der Waals surface area contributed by atoms with Gasteiger partial charge in [-0.3, -0.25) is 4.79 Å². The summed E-state index contributed by atoms with van der Waals surface area (Å²) in [6, 6.07) is 8.33. The van der Waals surface area contributed by atoms with E-state index >= 15 is 0 Å². The molecule has 0 aliphatic heterocycles. The van der Waals surface area contributed by atoms with E-state index in [1.807, 2.05) is 24.3 Å². The first-order chi connectivity index (χ1) is 12.3. The largest absolute Gasteiger partial charge is 0.365 e. The third-order valence-electron chi connectivity index (χ3n) is 4.54. The first-order valence-corrected chi connectivity index (χ1v) is 8.65. The number of H-pyrrole nitrogens is 1. The smallest absolute Gasteiger partial charge is 0.251 e. The summed E-state index contributed by atoms with van der Waals surface area (Å²) in [6.45, 7) is 0. The number of hydrogen-bond donors (Lipinski definition) is 3. The van der Waals surface area contributed by atoms with Gasteiger partial charge in [-0.25, -0.2) is 15.0 Å². The number of aromatic nitrogens is 4. The van der Waals surface area contributed by atoms with Crippen molar-refractivity contribution in [2.45, 2.75) is 37.8 Å². The van der Waals surface area contributed by atoms with Crippen LogP contribution in [-0.4, -0.2) is 37.9 Å². The summed E-state index contributed by atoms with van der Waals surface area (Å²) in [7, 11) is 0. The van der Waals surface area contributed by atoms with Gasteiger partial charge in [0.1, 0.15) is 17.7 Å². The molecule has 0 unspecified atom stereocenters. The molecule has 0 bridgehead atoms. The number of hydrogen-bond acceptors (Lipinski definition) is 5. The van der Waals surface area contributed by atoms with Crippen LogP contribution in [0.1, 0.15) is 36.0 Å². The van der Waals surface area contributed by atoms with Crippen LogP contribution in [0.2, 0.25) is 0 Å². The Bertz CT molecular complexity index is 940. The Hall–Kier alpha value is -2.96. The fourth-order valence-electron chi connectivity index (χ4n) is 2.77. The number of nitrogens with one attached hydrogen (secondary N) is 3. The second kappa shape index (κ2) is 5.54. The molecule has 3 N–H and O–H groups in total. The van der Waals surface area contributed by atoms with Crippen LogP contribution in [0.5, 0.6) is 0 Å². The van der Waals surface area contributed by atoms with Crippen LogP contribution in [0.4, 0.5) is 5.82 Å². The fraction of sp³-hybridized carbons (Fsp3) is 0.333. The van der Waals surface area contributed by atoms with E-state index in [1.165, 1.54) is 19.2 Å². The van der Waals surface area contributed by atoms with Gasteiger partial charge in [0.15, 0.2) is 11.5 Å². The average Bonchev–Trinajstić information content (AvgIpc) is 3.55. The second-order valence-corrected chi connectivity index (χ2v) is 6.75. The number of carbonyl (C=O) groups excluding carboxylic acids is 1. The van der Waals surface area contributed by atoms with Gasteiger partial charge in [-0.1, -0.05) is 12.1 Å². The quantitative estimate of drug-likeness (QED) is 0.666. The number of aromatic amines is 1. The number of carbonyl (C=O) groups is 1. The molecular weight excluding hydrogens is 316 g/mol. The summed E-state index contributed by atoms with van der Waals surface area (Å²) in [4.78, 5) is 28.5. The first kappa shape index (κ1) is 14.4. The maximum absolute atomic E-state index is 12.1. The molecule has 0 spiro atoms. The molecule has 2 heterocycles. The lowest BCUT2D eigenvalue weighted by atomic mass is 10.1. The van der Waals surface area contributed by atoms with E-state index < -0.39 is 0 Å². The zero-order chi connectivity index (χ0) is 16.8. The molecule has 25 heavy (non-hydrogen) atoms. The first-order valence-electron chi connectivity index (χ1n) is 8.65. The molecule has 2 saturated carbocycles. The number of rotatable bonds is 5. The molecule has 2 fully saturated rings. The SMILES string of the molecule is O=C(NC1CC1)c1ccc(-c2nc3ncnc(NC4CC4)c3[nH]2)cc1. The minimum Gasteiger partial charge on any atom is -0.365 e. The van der Waals surface area contributed by atoms with Crippen molar-refractivity contribution < 1.29 is 4.79 Å². The minimum atomic E-state index is -0.0135. The van der Waals surface area contributed by atoms with Gasteiger partial charge in [0.25, 0.3) is 5.91 Å². The van der Waals surface area contributed by atoms with Crippen molar-refractivity contribution >= 4 is 22.9 Å². The van der Waals surface area contributed by atoms with Crippen LogP contribution in [-0.2, 0) is 0 Å². The van der Waals surface area contributed by atoms with E-state index in [2.05, 4.69) is 30.6 Å². The number of imidazole rings is 1. The zero-order valence-electron chi connectivity index (χ0n) is 13.6. The number of anilines is 1. The van der Waals surface area contributed by atoms with Gasteiger partial charge in [-0.05, 0) is 37.8 Å². The van der Waals surface area contributed by atoms with Gasteiger partial charge in [0.05, 0.1) is 0 Å². The Morgan fingerprint density at radius 1 is 1.04 bits per heavy atom. The minimum absolute atomic E-state index is 0.0135. The lowest BCUT2D eigenvalue weighted by Gasteiger charge is -2.04. The Morgan fingerprint density at radius 3 is 2.52 bits per heavy atom. The van der Waals surface area contributed by atoms with E-state index in [1.54, 1.807) is 0 Å². The molecule has 2 aromatic heterocycles. The highest BCUT2D eigenvalue weighted by Gasteiger charge is 2.24. The average molecular weight is 334 g/mol. The van der Waals surface area contributed by atoms with Crippen LogP contribution in [0, 0.1) is 0 Å². The zero-order valence-corrected chi connectivity index (χ0v) is 13.6. The topological polar surface area (TPSA) is 95.6 Å². The summed E-state index contributed by atoms with van der Waals surface area (Å²) in [5.74, 6) is 1.51. The van der Waals surface area contributed by atoms with Crippen LogP contribution >= 0.6 is 0 Å².